The van der Waals surface area contributed by atoms with Gasteiger partial charge in [-0.3, -0.25) is 14.9 Å². The third kappa shape index (κ3) is 3.85. The monoisotopic (exact) mass is 343 g/mol. The molecule has 0 spiro atoms. The number of nitrogens with one attached hydrogen (secondary N) is 1. The van der Waals surface area contributed by atoms with Crippen LogP contribution < -0.4 is 5.32 Å². The normalized spacial score (nSPS) is 17.5. The highest BCUT2D eigenvalue weighted by Gasteiger charge is 2.25. The highest BCUT2D eigenvalue weighted by Crippen LogP contribution is 2.19. The van der Waals surface area contributed by atoms with Gasteiger partial charge in [0.05, 0.1) is 22.4 Å². The molecule has 1 aliphatic rings. The van der Waals surface area contributed by atoms with E-state index in [0.717, 1.165) is 32.5 Å². The van der Waals surface area contributed by atoms with Crippen LogP contribution in [-0.2, 0) is 0 Å². The third-order valence-electron chi connectivity index (χ3n) is 4.45. The maximum Gasteiger partial charge on any atom is 0.269 e. The number of rotatable bonds is 5. The number of likely N-dealkylation sites (tertiary alicyclic amines) is 1. The van der Waals surface area contributed by atoms with Crippen molar-refractivity contribution in [2.45, 2.75) is 12.8 Å². The van der Waals surface area contributed by atoms with Crippen LogP contribution >= 0.6 is 0 Å². The Hall–Kier alpha value is -2.74. The predicted octanol–water partition coefficient (Wildman–Crippen LogP) is 1.85. The van der Waals surface area contributed by atoms with Gasteiger partial charge < -0.3 is 10.2 Å². The topological polar surface area (TPSA) is 93.3 Å². The lowest BCUT2D eigenvalue weighted by atomic mass is 9.97. The summed E-state index contributed by atoms with van der Waals surface area (Å²) in [7, 11) is 1.93. The van der Waals surface area contributed by atoms with Gasteiger partial charge in [0.25, 0.3) is 11.6 Å². The molecule has 1 aromatic heterocycles. The van der Waals surface area contributed by atoms with Crippen LogP contribution in [0, 0.1) is 16.0 Å². The Morgan fingerprint density at radius 3 is 2.84 bits per heavy atom. The molecule has 8 heteroatoms. The van der Waals surface area contributed by atoms with Gasteiger partial charge in [0.2, 0.25) is 0 Å². The van der Waals surface area contributed by atoms with Gasteiger partial charge in [0, 0.05) is 31.4 Å². The van der Waals surface area contributed by atoms with Crippen LogP contribution in [0.5, 0.6) is 0 Å². The number of nitro groups is 1. The molecule has 0 radical (unpaired) electrons. The molecule has 0 saturated carbocycles. The van der Waals surface area contributed by atoms with Gasteiger partial charge in [0.15, 0.2) is 0 Å². The molecule has 1 unspecified atom stereocenters. The number of non-ortho nitro benzene ring substituents is 1. The van der Waals surface area contributed by atoms with E-state index in [1.807, 2.05) is 11.9 Å². The SMILES string of the molecule is CNCC1CCCN(C(=O)c2cnn(-c3ccc([N+](=O)[O-])cc3)c2)C1. The van der Waals surface area contributed by atoms with Gasteiger partial charge in [-0.25, -0.2) is 4.68 Å². The second-order valence-electron chi connectivity index (χ2n) is 6.26. The Labute approximate surface area is 145 Å². The number of benzene rings is 1. The molecule has 25 heavy (non-hydrogen) atoms. The number of nitrogens with zero attached hydrogens (tertiary/aromatic N) is 4. The van der Waals surface area contributed by atoms with Crippen LogP contribution in [0.4, 0.5) is 5.69 Å². The summed E-state index contributed by atoms with van der Waals surface area (Å²) >= 11 is 0. The van der Waals surface area contributed by atoms with Crippen molar-refractivity contribution >= 4 is 11.6 Å². The Morgan fingerprint density at radius 2 is 2.16 bits per heavy atom. The third-order valence-corrected chi connectivity index (χ3v) is 4.45. The van der Waals surface area contributed by atoms with Gasteiger partial charge in [-0.05, 0) is 44.5 Å². The van der Waals surface area contributed by atoms with Crippen LogP contribution in [0.15, 0.2) is 36.7 Å². The second-order valence-corrected chi connectivity index (χ2v) is 6.26. The van der Waals surface area contributed by atoms with Crippen LogP contribution in [0.2, 0.25) is 0 Å². The minimum absolute atomic E-state index is 0.0195. The summed E-state index contributed by atoms with van der Waals surface area (Å²) in [4.78, 5) is 24.9. The van der Waals surface area contributed by atoms with Crippen LogP contribution in [0.3, 0.4) is 0 Å². The van der Waals surface area contributed by atoms with Crippen molar-refractivity contribution in [2.75, 3.05) is 26.7 Å². The number of hydrogen-bond donors (Lipinski definition) is 1. The summed E-state index contributed by atoms with van der Waals surface area (Å²) in [6.07, 6.45) is 5.36. The molecule has 132 valence electrons. The first-order valence-electron chi connectivity index (χ1n) is 8.32. The highest BCUT2D eigenvalue weighted by atomic mass is 16.6. The van der Waals surface area contributed by atoms with E-state index in [1.54, 1.807) is 29.2 Å². The summed E-state index contributed by atoms with van der Waals surface area (Å²) in [6.45, 7) is 2.43. The summed E-state index contributed by atoms with van der Waals surface area (Å²) in [5.74, 6) is 0.460. The maximum atomic E-state index is 12.7. The molecular weight excluding hydrogens is 322 g/mol. The van der Waals surface area contributed by atoms with Crippen molar-refractivity contribution in [3.8, 4) is 5.69 Å². The molecule has 1 saturated heterocycles. The van der Waals surface area contributed by atoms with Gasteiger partial charge in [-0.15, -0.1) is 0 Å². The van der Waals surface area contributed by atoms with Crippen LogP contribution in [-0.4, -0.2) is 52.2 Å². The highest BCUT2D eigenvalue weighted by molar-refractivity contribution is 5.93. The van der Waals surface area contributed by atoms with Gasteiger partial charge in [-0.1, -0.05) is 0 Å². The molecule has 1 aromatic carbocycles. The number of carbonyl (C=O) groups excluding carboxylic acids is 1. The minimum Gasteiger partial charge on any atom is -0.338 e. The van der Waals surface area contributed by atoms with E-state index >= 15 is 0 Å². The van der Waals surface area contributed by atoms with E-state index in [9.17, 15) is 14.9 Å². The van der Waals surface area contributed by atoms with E-state index in [4.69, 9.17) is 0 Å². The molecule has 0 bridgehead atoms. The Bertz CT molecular complexity index is 754. The summed E-state index contributed by atoms with van der Waals surface area (Å²) in [5, 5.41) is 18.1. The van der Waals surface area contributed by atoms with E-state index in [1.165, 1.54) is 12.1 Å². The maximum absolute atomic E-state index is 12.7. The molecule has 1 fully saturated rings. The number of piperidine rings is 1. The fourth-order valence-corrected chi connectivity index (χ4v) is 3.19. The average molecular weight is 343 g/mol. The van der Waals surface area contributed by atoms with Crippen LogP contribution in [0.25, 0.3) is 5.69 Å². The summed E-state index contributed by atoms with van der Waals surface area (Å²) in [6, 6.07) is 6.07. The number of amides is 1. The predicted molar refractivity (Wildman–Crippen MR) is 92.8 cm³/mol. The molecule has 1 amide bonds. The second kappa shape index (κ2) is 7.43. The fraction of sp³-hybridized carbons (Fsp3) is 0.412. The van der Waals surface area contributed by atoms with Crippen molar-refractivity contribution in [1.82, 2.24) is 20.0 Å². The standard InChI is InChI=1S/C17H21N5O3/c1-18-9-13-3-2-8-20(11-13)17(23)14-10-19-21(12-14)15-4-6-16(7-5-15)22(24)25/h4-7,10,12-13,18H,2-3,8-9,11H2,1H3. The zero-order chi connectivity index (χ0) is 17.8. The van der Waals surface area contributed by atoms with Crippen molar-refractivity contribution in [2.24, 2.45) is 5.92 Å². The first kappa shape index (κ1) is 17.1. The Balaban J connectivity index is 1.72. The van der Waals surface area contributed by atoms with Crippen molar-refractivity contribution in [3.63, 3.8) is 0 Å². The van der Waals surface area contributed by atoms with E-state index in [-0.39, 0.29) is 11.6 Å². The summed E-state index contributed by atoms with van der Waals surface area (Å²) < 4.78 is 1.56. The molecule has 1 aliphatic heterocycles. The molecule has 8 nitrogen and oxygen atoms in total. The molecule has 1 N–H and O–H groups in total. The van der Waals surface area contributed by atoms with Gasteiger partial charge in [0.1, 0.15) is 0 Å². The molecule has 0 aliphatic carbocycles. The van der Waals surface area contributed by atoms with Crippen molar-refractivity contribution in [3.05, 3.63) is 52.3 Å². The summed E-state index contributed by atoms with van der Waals surface area (Å²) in [5.41, 5.74) is 1.23. The lowest BCUT2D eigenvalue weighted by Crippen LogP contribution is -2.42. The average Bonchev–Trinajstić information content (AvgIpc) is 3.12. The zero-order valence-electron chi connectivity index (χ0n) is 14.1. The van der Waals surface area contributed by atoms with E-state index in [2.05, 4.69) is 10.4 Å². The van der Waals surface area contributed by atoms with Crippen molar-refractivity contribution < 1.29 is 9.72 Å². The first-order valence-corrected chi connectivity index (χ1v) is 8.32. The zero-order valence-corrected chi connectivity index (χ0v) is 14.1. The molecular formula is C17H21N5O3. The van der Waals surface area contributed by atoms with E-state index in [0.29, 0.717) is 17.2 Å². The van der Waals surface area contributed by atoms with Gasteiger partial charge >= 0.3 is 0 Å². The molecule has 3 rings (SSSR count). The minimum atomic E-state index is -0.445. The number of carbonyl (C=O) groups is 1. The number of aromatic nitrogens is 2. The molecule has 2 heterocycles. The fourth-order valence-electron chi connectivity index (χ4n) is 3.19. The smallest absolute Gasteiger partial charge is 0.269 e. The lowest BCUT2D eigenvalue weighted by Gasteiger charge is -2.32. The number of nitro benzene ring substituents is 1. The largest absolute Gasteiger partial charge is 0.338 e. The van der Waals surface area contributed by atoms with Crippen LogP contribution in [0.1, 0.15) is 23.2 Å². The Kier molecular flexibility index (Phi) is 5.08. The van der Waals surface area contributed by atoms with Gasteiger partial charge in [-0.2, -0.15) is 5.10 Å². The first-order chi connectivity index (χ1) is 12.1. The number of hydrogen-bond acceptors (Lipinski definition) is 5. The van der Waals surface area contributed by atoms with Crippen molar-refractivity contribution in [1.29, 1.82) is 0 Å². The van der Waals surface area contributed by atoms with E-state index < -0.39 is 4.92 Å². The quantitative estimate of drug-likeness (QED) is 0.660. The lowest BCUT2D eigenvalue weighted by molar-refractivity contribution is -0.384. The molecule has 1 atom stereocenters. The Morgan fingerprint density at radius 1 is 1.40 bits per heavy atom. The molecule has 2 aromatic rings.